The number of nitrogens with zero attached hydrogens (tertiary/aromatic N) is 1. The Morgan fingerprint density at radius 1 is 1.28 bits per heavy atom. The first-order valence-electron chi connectivity index (χ1n) is 7.99. The molecule has 1 fully saturated rings. The van der Waals surface area contributed by atoms with Crippen LogP contribution in [0.25, 0.3) is 0 Å². The second kappa shape index (κ2) is 7.65. The number of hydrogen-bond acceptors (Lipinski definition) is 5. The van der Waals surface area contributed by atoms with Gasteiger partial charge in [0.05, 0.1) is 19.2 Å². The smallest absolute Gasteiger partial charge is 0.377 e. The molecular weight excluding hydrogens is 329 g/mol. The molecule has 0 radical (unpaired) electrons. The van der Waals surface area contributed by atoms with Gasteiger partial charge in [-0.05, 0) is 23.6 Å². The highest BCUT2D eigenvalue weighted by molar-refractivity contribution is 5.97. The highest BCUT2D eigenvalue weighted by atomic mass is 19.1. The number of cyclic esters (lactones) is 1. The van der Waals surface area contributed by atoms with E-state index in [0.29, 0.717) is 12.2 Å². The first-order chi connectivity index (χ1) is 11.7. The third-order valence-corrected chi connectivity index (χ3v) is 3.20. The lowest BCUT2D eigenvalue weighted by Gasteiger charge is -2.22. The van der Waals surface area contributed by atoms with E-state index in [4.69, 9.17) is 14.3 Å². The fourth-order valence-electron chi connectivity index (χ4n) is 2.06. The van der Waals surface area contributed by atoms with Crippen molar-refractivity contribution in [3.63, 3.8) is 0 Å². The largest absolute Gasteiger partial charge is 0.445 e. The maximum Gasteiger partial charge on any atom is 0.377 e. The Bertz CT molecular complexity index is 667. The molecule has 1 aromatic carbocycles. The van der Waals surface area contributed by atoms with Crippen molar-refractivity contribution in [2.24, 2.45) is 5.92 Å². The van der Waals surface area contributed by atoms with E-state index < -0.39 is 17.7 Å². The van der Waals surface area contributed by atoms with Crippen LogP contribution in [0.2, 0.25) is 0 Å². The lowest BCUT2D eigenvalue weighted by atomic mass is 10.2. The predicted octanol–water partition coefficient (Wildman–Crippen LogP) is 2.94. The lowest BCUT2D eigenvalue weighted by Crippen LogP contribution is -2.31. The van der Waals surface area contributed by atoms with E-state index in [1.165, 1.54) is 12.1 Å². The van der Waals surface area contributed by atoms with Crippen LogP contribution in [0.3, 0.4) is 0 Å². The van der Waals surface area contributed by atoms with E-state index in [1.807, 2.05) is 13.8 Å². The molecule has 0 aromatic heterocycles. The Morgan fingerprint density at radius 2 is 1.92 bits per heavy atom. The van der Waals surface area contributed by atoms with Gasteiger partial charge in [0.1, 0.15) is 5.82 Å². The van der Waals surface area contributed by atoms with Crippen LogP contribution in [0.4, 0.5) is 4.39 Å². The molecule has 1 heterocycles. The standard InChI is InChI=1S/C18H22FNO5/c1-12(2)11-23-20(10-13-5-7-14(19)8-6-13)16(21)9-15-17(22)25-18(3,4)24-15/h5-9,12H,10-11H2,1-4H3. The van der Waals surface area contributed by atoms with E-state index in [2.05, 4.69) is 0 Å². The van der Waals surface area contributed by atoms with Crippen LogP contribution in [0.5, 0.6) is 0 Å². The Hall–Kier alpha value is -2.41. The van der Waals surface area contributed by atoms with Gasteiger partial charge in [0.2, 0.25) is 11.5 Å². The van der Waals surface area contributed by atoms with E-state index >= 15 is 0 Å². The van der Waals surface area contributed by atoms with E-state index in [1.54, 1.807) is 26.0 Å². The van der Waals surface area contributed by atoms with E-state index in [0.717, 1.165) is 11.1 Å². The molecule has 1 aliphatic heterocycles. The van der Waals surface area contributed by atoms with Gasteiger partial charge >= 0.3 is 5.97 Å². The summed E-state index contributed by atoms with van der Waals surface area (Å²) in [4.78, 5) is 29.8. The summed E-state index contributed by atoms with van der Waals surface area (Å²) in [6.07, 6.45) is 1.04. The molecule has 0 bridgehead atoms. The van der Waals surface area contributed by atoms with Crippen molar-refractivity contribution in [1.82, 2.24) is 5.06 Å². The van der Waals surface area contributed by atoms with Gasteiger partial charge in [0.15, 0.2) is 0 Å². The summed E-state index contributed by atoms with van der Waals surface area (Å²) >= 11 is 0. The zero-order chi connectivity index (χ0) is 18.6. The minimum atomic E-state index is -1.11. The van der Waals surface area contributed by atoms with Crippen LogP contribution < -0.4 is 0 Å². The number of carbonyl (C=O) groups excluding carboxylic acids is 2. The molecule has 0 saturated carbocycles. The van der Waals surface area contributed by atoms with Gasteiger partial charge < -0.3 is 9.47 Å². The number of rotatable bonds is 6. The fraction of sp³-hybridized carbons (Fsp3) is 0.444. The summed E-state index contributed by atoms with van der Waals surface area (Å²) in [6, 6.07) is 5.73. The molecule has 25 heavy (non-hydrogen) atoms. The minimum absolute atomic E-state index is 0.105. The molecule has 1 aliphatic rings. The zero-order valence-corrected chi connectivity index (χ0v) is 14.7. The van der Waals surface area contributed by atoms with Crippen LogP contribution >= 0.6 is 0 Å². The minimum Gasteiger partial charge on any atom is -0.445 e. The summed E-state index contributed by atoms with van der Waals surface area (Å²) < 4.78 is 23.3. The van der Waals surface area contributed by atoms with Crippen molar-refractivity contribution >= 4 is 11.9 Å². The molecule has 0 atom stereocenters. The van der Waals surface area contributed by atoms with Crippen LogP contribution in [-0.2, 0) is 30.4 Å². The van der Waals surface area contributed by atoms with Gasteiger partial charge in [0, 0.05) is 13.8 Å². The molecule has 136 valence electrons. The summed E-state index contributed by atoms with van der Waals surface area (Å²) in [5.41, 5.74) is 0.687. The third kappa shape index (κ3) is 5.56. The van der Waals surface area contributed by atoms with Crippen molar-refractivity contribution in [3.8, 4) is 0 Å². The van der Waals surface area contributed by atoms with Crippen molar-refractivity contribution in [2.75, 3.05) is 6.61 Å². The highest BCUT2D eigenvalue weighted by Crippen LogP contribution is 2.26. The molecule has 1 saturated heterocycles. The van der Waals surface area contributed by atoms with Crippen LogP contribution in [-0.4, -0.2) is 29.3 Å². The number of carbonyl (C=O) groups is 2. The average Bonchev–Trinajstić information content (AvgIpc) is 2.77. The van der Waals surface area contributed by atoms with E-state index in [9.17, 15) is 14.0 Å². The Labute approximate surface area is 146 Å². The maximum atomic E-state index is 13.0. The molecule has 0 unspecified atom stereocenters. The Morgan fingerprint density at radius 3 is 2.44 bits per heavy atom. The van der Waals surface area contributed by atoms with Crippen LogP contribution in [0, 0.1) is 11.7 Å². The molecular formula is C18H22FNO5. The van der Waals surface area contributed by atoms with Gasteiger partial charge in [0.25, 0.3) is 5.91 Å². The van der Waals surface area contributed by atoms with Crippen LogP contribution in [0.1, 0.15) is 33.3 Å². The van der Waals surface area contributed by atoms with E-state index in [-0.39, 0.29) is 24.0 Å². The molecule has 1 aromatic rings. The Balaban J connectivity index is 2.15. The summed E-state index contributed by atoms with van der Waals surface area (Å²) in [6.45, 7) is 7.45. The number of ether oxygens (including phenoxy) is 2. The lowest BCUT2D eigenvalue weighted by molar-refractivity contribution is -0.188. The molecule has 1 amide bonds. The van der Waals surface area contributed by atoms with Gasteiger partial charge in [-0.3, -0.25) is 9.63 Å². The second-order valence-corrected chi connectivity index (χ2v) is 6.59. The third-order valence-electron chi connectivity index (χ3n) is 3.20. The van der Waals surface area contributed by atoms with Crippen molar-refractivity contribution in [1.29, 1.82) is 0 Å². The Kier molecular flexibility index (Phi) is 5.79. The maximum absolute atomic E-state index is 13.0. The van der Waals surface area contributed by atoms with Crippen molar-refractivity contribution in [2.45, 2.75) is 40.0 Å². The number of hydrogen-bond donors (Lipinski definition) is 0. The topological polar surface area (TPSA) is 65.1 Å². The zero-order valence-electron chi connectivity index (χ0n) is 14.7. The van der Waals surface area contributed by atoms with Crippen molar-refractivity contribution in [3.05, 3.63) is 47.5 Å². The fourth-order valence-corrected chi connectivity index (χ4v) is 2.06. The molecule has 2 rings (SSSR count). The quantitative estimate of drug-likeness (QED) is 0.448. The number of amides is 1. The average molecular weight is 351 g/mol. The molecule has 6 nitrogen and oxygen atoms in total. The monoisotopic (exact) mass is 351 g/mol. The summed E-state index contributed by atoms with van der Waals surface area (Å²) in [7, 11) is 0. The molecule has 0 N–H and O–H groups in total. The SMILES string of the molecule is CC(C)CON(Cc1ccc(F)cc1)C(=O)C=C1OC(C)(C)OC1=O. The van der Waals surface area contributed by atoms with Gasteiger partial charge in [-0.25, -0.2) is 14.2 Å². The first kappa shape index (κ1) is 18.9. The normalized spacial score (nSPS) is 17.5. The number of halogens is 1. The second-order valence-electron chi connectivity index (χ2n) is 6.59. The highest BCUT2D eigenvalue weighted by Gasteiger charge is 2.38. The summed E-state index contributed by atoms with van der Waals surface area (Å²) in [5, 5.41) is 1.11. The predicted molar refractivity (Wildman–Crippen MR) is 87.1 cm³/mol. The number of benzene rings is 1. The van der Waals surface area contributed by atoms with Gasteiger partial charge in [-0.15, -0.1) is 0 Å². The number of hydroxylamine groups is 2. The summed E-state index contributed by atoms with van der Waals surface area (Å²) in [5.74, 6) is -2.71. The first-order valence-corrected chi connectivity index (χ1v) is 7.99. The molecule has 0 aliphatic carbocycles. The molecule has 7 heteroatoms. The molecule has 0 spiro atoms. The van der Waals surface area contributed by atoms with Gasteiger partial charge in [-0.2, -0.15) is 0 Å². The van der Waals surface area contributed by atoms with Gasteiger partial charge in [-0.1, -0.05) is 26.0 Å². The van der Waals surface area contributed by atoms with Crippen LogP contribution in [0.15, 0.2) is 36.1 Å². The van der Waals surface area contributed by atoms with Crippen molar-refractivity contribution < 1.29 is 28.3 Å². The number of esters is 1.